The van der Waals surface area contributed by atoms with Crippen molar-refractivity contribution < 1.29 is 9.84 Å². The molecule has 2 atom stereocenters. The van der Waals surface area contributed by atoms with Gasteiger partial charge in [-0.05, 0) is 93.4 Å². The quantitative estimate of drug-likeness (QED) is 0.515. The molecular formula is C28H35NO2. The van der Waals surface area contributed by atoms with E-state index in [4.69, 9.17) is 4.74 Å². The zero-order valence-electron chi connectivity index (χ0n) is 18.9. The Morgan fingerprint density at radius 3 is 2.42 bits per heavy atom. The first kappa shape index (κ1) is 21.7. The van der Waals surface area contributed by atoms with Crippen LogP contribution in [-0.2, 0) is 0 Å². The summed E-state index contributed by atoms with van der Waals surface area (Å²) in [6.07, 6.45) is 6.66. The second-order valence-corrected chi connectivity index (χ2v) is 8.99. The van der Waals surface area contributed by atoms with E-state index in [0.717, 1.165) is 31.7 Å². The van der Waals surface area contributed by atoms with Gasteiger partial charge in [0.2, 0.25) is 0 Å². The third-order valence-corrected chi connectivity index (χ3v) is 6.83. The van der Waals surface area contributed by atoms with E-state index in [1.54, 1.807) is 6.92 Å². The first-order chi connectivity index (χ1) is 15.1. The largest absolute Gasteiger partial charge is 0.513 e. The lowest BCUT2D eigenvalue weighted by Crippen LogP contribution is -2.25. The molecule has 0 saturated carbocycles. The van der Waals surface area contributed by atoms with E-state index in [9.17, 15) is 5.11 Å². The van der Waals surface area contributed by atoms with E-state index in [2.05, 4.69) is 66.4 Å². The van der Waals surface area contributed by atoms with Gasteiger partial charge in [0.15, 0.2) is 0 Å². The first-order valence-electron chi connectivity index (χ1n) is 11.7. The summed E-state index contributed by atoms with van der Waals surface area (Å²) in [4.78, 5) is 2.48. The Labute approximate surface area is 187 Å². The fourth-order valence-electron chi connectivity index (χ4n) is 5.23. The van der Waals surface area contributed by atoms with Crippen molar-refractivity contribution in [3.05, 3.63) is 88.7 Å². The third kappa shape index (κ3) is 5.40. The molecular weight excluding hydrogens is 382 g/mol. The lowest BCUT2D eigenvalue weighted by molar-refractivity contribution is 0.237. The molecule has 164 valence electrons. The van der Waals surface area contributed by atoms with Gasteiger partial charge in [-0.1, -0.05) is 48.0 Å². The van der Waals surface area contributed by atoms with Crippen molar-refractivity contribution in [3.63, 3.8) is 0 Å². The zero-order chi connectivity index (χ0) is 21.6. The lowest BCUT2D eigenvalue weighted by atomic mass is 9.69. The van der Waals surface area contributed by atoms with Crippen LogP contribution in [0.5, 0.6) is 5.75 Å². The summed E-state index contributed by atoms with van der Waals surface area (Å²) >= 11 is 0. The highest BCUT2D eigenvalue weighted by molar-refractivity contribution is 5.44. The van der Waals surface area contributed by atoms with Crippen LogP contribution in [0.25, 0.3) is 0 Å². The predicted octanol–water partition coefficient (Wildman–Crippen LogP) is 6.60. The van der Waals surface area contributed by atoms with Gasteiger partial charge in [0.25, 0.3) is 0 Å². The highest BCUT2D eigenvalue weighted by atomic mass is 16.5. The van der Waals surface area contributed by atoms with Crippen molar-refractivity contribution in [3.8, 4) is 5.75 Å². The number of hydrogen-bond donors (Lipinski definition) is 1. The van der Waals surface area contributed by atoms with Crippen molar-refractivity contribution in [2.45, 2.75) is 51.4 Å². The molecule has 2 aliphatic rings. The average Bonchev–Trinajstić information content (AvgIpc) is 3.30. The van der Waals surface area contributed by atoms with Gasteiger partial charge in [0.05, 0.1) is 5.76 Å². The maximum absolute atomic E-state index is 9.87. The van der Waals surface area contributed by atoms with E-state index in [0.29, 0.717) is 17.6 Å². The summed E-state index contributed by atoms with van der Waals surface area (Å²) < 4.78 is 6.03. The molecule has 2 aromatic rings. The van der Waals surface area contributed by atoms with Gasteiger partial charge in [-0.3, -0.25) is 4.90 Å². The number of likely N-dealkylation sites (tertiary alicyclic amines) is 1. The van der Waals surface area contributed by atoms with Crippen molar-refractivity contribution >= 4 is 0 Å². The molecule has 3 heteroatoms. The Morgan fingerprint density at radius 2 is 1.74 bits per heavy atom. The van der Waals surface area contributed by atoms with Crippen LogP contribution in [0, 0.1) is 0 Å². The van der Waals surface area contributed by atoms with Crippen molar-refractivity contribution in [2.75, 3.05) is 26.2 Å². The number of hydrogen-bond acceptors (Lipinski definition) is 3. The minimum absolute atomic E-state index is 0.306. The number of ether oxygens (including phenoxy) is 1. The molecule has 0 radical (unpaired) electrons. The topological polar surface area (TPSA) is 32.7 Å². The first-order valence-corrected chi connectivity index (χ1v) is 11.7. The van der Waals surface area contributed by atoms with Gasteiger partial charge in [-0.2, -0.15) is 0 Å². The van der Waals surface area contributed by atoms with E-state index in [1.807, 2.05) is 6.08 Å². The molecule has 0 unspecified atom stereocenters. The minimum Gasteiger partial charge on any atom is -0.513 e. The molecule has 0 amide bonds. The predicted molar refractivity (Wildman–Crippen MR) is 128 cm³/mol. The fraction of sp³-hybridized carbons (Fsp3) is 0.429. The second kappa shape index (κ2) is 10.2. The van der Waals surface area contributed by atoms with Crippen LogP contribution in [0.2, 0.25) is 0 Å². The number of aliphatic hydroxyl groups is 1. The monoisotopic (exact) mass is 417 g/mol. The normalized spacial score (nSPS) is 22.7. The van der Waals surface area contributed by atoms with Crippen LogP contribution in [0.1, 0.15) is 62.5 Å². The molecule has 0 aromatic heterocycles. The van der Waals surface area contributed by atoms with E-state index >= 15 is 0 Å². The van der Waals surface area contributed by atoms with E-state index < -0.39 is 0 Å². The molecule has 4 rings (SSSR count). The van der Waals surface area contributed by atoms with Crippen molar-refractivity contribution in [2.24, 2.45) is 0 Å². The Morgan fingerprint density at radius 1 is 1.03 bits per heavy atom. The Bertz CT molecular complexity index is 904. The summed E-state index contributed by atoms with van der Waals surface area (Å²) in [5.41, 5.74) is 5.33. The van der Waals surface area contributed by atoms with Gasteiger partial charge < -0.3 is 9.84 Å². The summed E-state index contributed by atoms with van der Waals surface area (Å²) in [6.45, 7) is 8.17. The molecule has 1 heterocycles. The van der Waals surface area contributed by atoms with Crippen LogP contribution < -0.4 is 4.74 Å². The summed E-state index contributed by atoms with van der Waals surface area (Å²) in [7, 11) is 0. The maximum atomic E-state index is 9.87. The average molecular weight is 418 g/mol. The van der Waals surface area contributed by atoms with Gasteiger partial charge in [0.1, 0.15) is 12.4 Å². The van der Waals surface area contributed by atoms with Crippen LogP contribution >= 0.6 is 0 Å². The molecule has 2 aromatic carbocycles. The number of aliphatic hydroxyl groups excluding tert-OH is 1. The lowest BCUT2D eigenvalue weighted by Gasteiger charge is -2.35. The Balaban J connectivity index is 1.54. The van der Waals surface area contributed by atoms with Gasteiger partial charge in [0, 0.05) is 12.5 Å². The van der Waals surface area contributed by atoms with E-state index in [1.165, 1.54) is 48.2 Å². The van der Waals surface area contributed by atoms with Crippen LogP contribution in [-0.4, -0.2) is 36.2 Å². The van der Waals surface area contributed by atoms with Crippen molar-refractivity contribution in [1.82, 2.24) is 4.90 Å². The number of benzene rings is 2. The Kier molecular flexibility index (Phi) is 7.14. The van der Waals surface area contributed by atoms with Crippen LogP contribution in [0.3, 0.4) is 0 Å². The second-order valence-electron chi connectivity index (χ2n) is 8.99. The molecule has 1 N–H and O–H groups in total. The molecule has 1 fully saturated rings. The van der Waals surface area contributed by atoms with Crippen molar-refractivity contribution in [1.29, 1.82) is 0 Å². The SMILES string of the molecule is CC1=C(/C=C(\C)O)CC[C@H](c2ccccc2)[C@@H]1c1ccc(OCCN2CCCC2)cc1. The molecule has 1 saturated heterocycles. The van der Waals surface area contributed by atoms with E-state index in [-0.39, 0.29) is 0 Å². The molecule has 3 nitrogen and oxygen atoms in total. The summed E-state index contributed by atoms with van der Waals surface area (Å²) in [5, 5.41) is 9.87. The third-order valence-electron chi connectivity index (χ3n) is 6.83. The highest BCUT2D eigenvalue weighted by Crippen LogP contribution is 2.47. The highest BCUT2D eigenvalue weighted by Gasteiger charge is 2.31. The molecule has 0 bridgehead atoms. The van der Waals surface area contributed by atoms with Crippen LogP contribution in [0.15, 0.2) is 77.6 Å². The molecule has 0 spiro atoms. The standard InChI is InChI=1S/C28H35NO2/c1-21(30)20-25-12-15-27(23-8-4-3-5-9-23)28(22(25)2)24-10-13-26(14-11-24)31-19-18-29-16-6-7-17-29/h3-5,8-11,13-14,20,27-28,30H,6-7,12,15-19H2,1-2H3/b21-20+/t27-,28+/m1/s1. The van der Waals surface area contributed by atoms with Gasteiger partial charge in [-0.25, -0.2) is 0 Å². The van der Waals surface area contributed by atoms with Gasteiger partial charge in [-0.15, -0.1) is 0 Å². The van der Waals surface area contributed by atoms with Crippen LogP contribution in [0.4, 0.5) is 0 Å². The summed E-state index contributed by atoms with van der Waals surface area (Å²) in [6, 6.07) is 19.6. The molecule has 1 aliphatic carbocycles. The Hall–Kier alpha value is -2.52. The molecule has 31 heavy (non-hydrogen) atoms. The smallest absolute Gasteiger partial charge is 0.119 e. The molecule has 1 aliphatic heterocycles. The maximum Gasteiger partial charge on any atom is 0.119 e. The number of nitrogens with zero attached hydrogens (tertiary/aromatic N) is 1. The minimum atomic E-state index is 0.306. The van der Waals surface area contributed by atoms with Gasteiger partial charge >= 0.3 is 0 Å². The number of allylic oxidation sites excluding steroid dienone is 4. The zero-order valence-corrected chi connectivity index (χ0v) is 18.9. The number of rotatable bonds is 7. The fourth-order valence-corrected chi connectivity index (χ4v) is 5.23. The summed E-state index contributed by atoms with van der Waals surface area (Å²) in [5.74, 6) is 2.08.